The Morgan fingerprint density at radius 3 is 2.40 bits per heavy atom. The zero-order valence-electron chi connectivity index (χ0n) is 21.1. The maximum atomic E-state index is 11.3. The third-order valence-electron chi connectivity index (χ3n) is 11.7. The average molecular weight is 499 g/mol. The summed E-state index contributed by atoms with van der Waals surface area (Å²) in [6.07, 6.45) is -3.62. The van der Waals surface area contributed by atoms with Gasteiger partial charge in [0.15, 0.2) is 6.29 Å². The van der Waals surface area contributed by atoms with E-state index in [1.165, 1.54) is 0 Å². The standard InChI is InChI=1S/C26H42O9/c1-12-14-7-16(28)22(2,3)26(14)17(34-21-20(31)19(30)18(29)15(10-27)33-21)9-24-8-13(23(4,32)11-24)5-6-25(12,24)35-26/h12-21,27-32H,5-11H2,1-4H3/t12-,13-,14+,15-,16+,17-,18-,19+,20-,21+,23-,24-,25-,26+/m1/s1. The number of fused-ring (bicyclic) bond motifs is 1. The summed E-state index contributed by atoms with van der Waals surface area (Å²) in [7, 11) is 0. The number of aliphatic hydroxyl groups excluding tert-OH is 5. The second-order valence-corrected chi connectivity index (χ2v) is 13.4. The Morgan fingerprint density at radius 2 is 1.71 bits per heavy atom. The summed E-state index contributed by atoms with van der Waals surface area (Å²) >= 11 is 0. The molecular formula is C26H42O9. The van der Waals surface area contributed by atoms with Crippen LogP contribution in [0.1, 0.15) is 66.2 Å². The average Bonchev–Trinajstić information content (AvgIpc) is 3.23. The lowest BCUT2D eigenvalue weighted by Gasteiger charge is -2.61. The lowest BCUT2D eigenvalue weighted by Crippen LogP contribution is -2.68. The van der Waals surface area contributed by atoms with E-state index in [1.54, 1.807) is 0 Å². The van der Waals surface area contributed by atoms with Crippen LogP contribution in [0.5, 0.6) is 0 Å². The zero-order chi connectivity index (χ0) is 25.3. The van der Waals surface area contributed by atoms with E-state index in [0.29, 0.717) is 19.3 Å². The number of hydrogen-bond acceptors (Lipinski definition) is 9. The Hall–Kier alpha value is -0.360. The fourth-order valence-electron chi connectivity index (χ4n) is 9.85. The summed E-state index contributed by atoms with van der Waals surface area (Å²) in [4.78, 5) is 0. The van der Waals surface area contributed by atoms with Crippen LogP contribution in [0.15, 0.2) is 0 Å². The molecule has 14 atom stereocenters. The zero-order valence-corrected chi connectivity index (χ0v) is 21.1. The van der Waals surface area contributed by atoms with Gasteiger partial charge < -0.3 is 44.8 Å². The molecule has 6 N–H and O–H groups in total. The number of rotatable bonds is 3. The highest BCUT2D eigenvalue weighted by Gasteiger charge is 2.83. The predicted molar refractivity (Wildman–Crippen MR) is 122 cm³/mol. The summed E-state index contributed by atoms with van der Waals surface area (Å²) in [5.74, 6) is 0.353. The molecule has 0 aromatic heterocycles. The van der Waals surface area contributed by atoms with Gasteiger partial charge in [0.2, 0.25) is 0 Å². The van der Waals surface area contributed by atoms with Crippen LogP contribution < -0.4 is 0 Å². The quantitative estimate of drug-likeness (QED) is 0.318. The van der Waals surface area contributed by atoms with Crippen LogP contribution in [-0.4, -0.2) is 97.0 Å². The first kappa shape index (κ1) is 24.9. The SMILES string of the molecule is C[C@@H]1[C@@H]2C[C@H](O)C(C)(C)[C@]23O[C@]12CC[C@@H]1C[C@@]2(C[C@H]3O[C@@H]2O[C@H](CO)[C@@H](O)[C@H](O)[C@H]2O)C[C@@]1(C)O. The molecule has 0 unspecified atom stereocenters. The Bertz CT molecular complexity index is 877. The molecule has 3 heterocycles. The van der Waals surface area contributed by atoms with Gasteiger partial charge in [-0.3, -0.25) is 0 Å². The van der Waals surface area contributed by atoms with E-state index in [0.717, 1.165) is 19.3 Å². The Morgan fingerprint density at radius 1 is 1.00 bits per heavy atom. The summed E-state index contributed by atoms with van der Waals surface area (Å²) in [6, 6.07) is 0. The van der Waals surface area contributed by atoms with Gasteiger partial charge in [-0.1, -0.05) is 20.8 Å². The van der Waals surface area contributed by atoms with Crippen molar-refractivity contribution in [2.45, 2.75) is 126 Å². The van der Waals surface area contributed by atoms with Gasteiger partial charge >= 0.3 is 0 Å². The van der Waals surface area contributed by atoms with Crippen LogP contribution in [0.4, 0.5) is 0 Å². The largest absolute Gasteiger partial charge is 0.394 e. The summed E-state index contributed by atoms with van der Waals surface area (Å²) < 4.78 is 19.6. The topological polar surface area (TPSA) is 149 Å². The van der Waals surface area contributed by atoms with Gasteiger partial charge in [-0.05, 0) is 63.2 Å². The van der Waals surface area contributed by atoms with Crippen LogP contribution in [0.3, 0.4) is 0 Å². The van der Waals surface area contributed by atoms with E-state index >= 15 is 0 Å². The maximum Gasteiger partial charge on any atom is 0.187 e. The van der Waals surface area contributed by atoms with Crippen molar-refractivity contribution in [1.82, 2.24) is 0 Å². The van der Waals surface area contributed by atoms with Crippen molar-refractivity contribution in [2.75, 3.05) is 6.61 Å². The van der Waals surface area contributed by atoms with E-state index in [2.05, 4.69) is 6.92 Å². The molecule has 3 aliphatic heterocycles. The molecule has 0 radical (unpaired) electrons. The molecule has 35 heavy (non-hydrogen) atoms. The monoisotopic (exact) mass is 498 g/mol. The van der Waals surface area contributed by atoms with Gasteiger partial charge in [-0.2, -0.15) is 0 Å². The van der Waals surface area contributed by atoms with Gasteiger partial charge in [-0.25, -0.2) is 0 Å². The molecule has 3 aliphatic carbocycles. The first-order valence-corrected chi connectivity index (χ1v) is 13.3. The van der Waals surface area contributed by atoms with Crippen molar-refractivity contribution in [3.63, 3.8) is 0 Å². The minimum Gasteiger partial charge on any atom is -0.394 e. The highest BCUT2D eigenvalue weighted by Crippen LogP contribution is 2.78. The minimum absolute atomic E-state index is 0.0175. The van der Waals surface area contributed by atoms with Crippen molar-refractivity contribution in [1.29, 1.82) is 0 Å². The molecule has 6 fully saturated rings. The molecule has 0 aromatic carbocycles. The van der Waals surface area contributed by atoms with Crippen LogP contribution in [-0.2, 0) is 14.2 Å². The highest BCUT2D eigenvalue weighted by molar-refractivity contribution is 5.31. The highest BCUT2D eigenvalue weighted by atomic mass is 16.7. The Balaban J connectivity index is 1.43. The van der Waals surface area contributed by atoms with Gasteiger partial charge in [-0.15, -0.1) is 0 Å². The molecule has 9 nitrogen and oxygen atoms in total. The molecule has 0 amide bonds. The minimum atomic E-state index is -1.53. The predicted octanol–water partition coefficient (Wildman–Crippen LogP) is 0.0673. The smallest absolute Gasteiger partial charge is 0.187 e. The normalized spacial score (nSPS) is 62.6. The first-order chi connectivity index (χ1) is 16.3. The van der Waals surface area contributed by atoms with E-state index in [-0.39, 0.29) is 23.2 Å². The number of hydrogen-bond donors (Lipinski definition) is 6. The molecule has 9 heteroatoms. The van der Waals surface area contributed by atoms with E-state index < -0.39 is 71.7 Å². The summed E-state index contributed by atoms with van der Waals surface area (Å²) in [6.45, 7) is 7.66. The van der Waals surface area contributed by atoms with Crippen LogP contribution in [0.25, 0.3) is 0 Å². The third-order valence-corrected chi connectivity index (χ3v) is 11.7. The molecule has 6 rings (SSSR count). The van der Waals surface area contributed by atoms with Gasteiger partial charge in [0.25, 0.3) is 0 Å². The van der Waals surface area contributed by atoms with Crippen molar-refractivity contribution in [3.8, 4) is 0 Å². The Kier molecular flexibility index (Phi) is 5.27. The molecular weight excluding hydrogens is 456 g/mol. The fraction of sp³-hybridized carbons (Fsp3) is 1.00. The second-order valence-electron chi connectivity index (χ2n) is 13.4. The lowest BCUT2D eigenvalue weighted by atomic mass is 9.57. The molecule has 0 aromatic rings. The van der Waals surface area contributed by atoms with Gasteiger partial charge in [0, 0.05) is 10.8 Å². The van der Waals surface area contributed by atoms with Crippen LogP contribution in [0, 0.1) is 28.6 Å². The summed E-state index contributed by atoms with van der Waals surface area (Å²) in [5, 5.41) is 63.6. The van der Waals surface area contributed by atoms with Crippen LogP contribution in [0.2, 0.25) is 0 Å². The second kappa shape index (κ2) is 7.39. The molecule has 200 valence electrons. The van der Waals surface area contributed by atoms with Crippen molar-refractivity contribution < 1.29 is 44.8 Å². The molecule has 6 aliphatic rings. The molecule has 3 spiro atoms. The van der Waals surface area contributed by atoms with Crippen molar-refractivity contribution >= 4 is 0 Å². The molecule has 4 bridgehead atoms. The third kappa shape index (κ3) is 2.80. The molecule has 3 saturated carbocycles. The first-order valence-electron chi connectivity index (χ1n) is 13.3. The van der Waals surface area contributed by atoms with Crippen molar-refractivity contribution in [2.24, 2.45) is 28.6 Å². The van der Waals surface area contributed by atoms with Gasteiger partial charge in [0.05, 0.1) is 30.0 Å². The molecule has 3 saturated heterocycles. The van der Waals surface area contributed by atoms with Crippen molar-refractivity contribution in [3.05, 3.63) is 0 Å². The van der Waals surface area contributed by atoms with E-state index in [4.69, 9.17) is 14.2 Å². The van der Waals surface area contributed by atoms with Gasteiger partial charge in [0.1, 0.15) is 30.0 Å². The summed E-state index contributed by atoms with van der Waals surface area (Å²) in [5.41, 5.74) is -3.00. The Labute approximate surface area is 206 Å². The fourth-order valence-corrected chi connectivity index (χ4v) is 9.85. The van der Waals surface area contributed by atoms with E-state index in [9.17, 15) is 30.6 Å². The van der Waals surface area contributed by atoms with Crippen LogP contribution >= 0.6 is 0 Å². The maximum absolute atomic E-state index is 11.3. The lowest BCUT2D eigenvalue weighted by molar-refractivity contribution is -0.363. The number of ether oxygens (including phenoxy) is 3. The number of aliphatic hydroxyl groups is 6. The van der Waals surface area contributed by atoms with E-state index in [1.807, 2.05) is 20.8 Å².